The standard InChI is InChI=1S/C15H11N5O7/c1-9(10-2-4-12(5-3-10)18(22)23)16-17-15(21)11-6-13(19(24)25)8-14(7-11)20(26)27/h2-8H,1H3,(H,17,21)/b16-9+. The quantitative estimate of drug-likeness (QED) is 0.460. The highest BCUT2D eigenvalue weighted by molar-refractivity contribution is 6.01. The van der Waals surface area contributed by atoms with Gasteiger partial charge in [-0.2, -0.15) is 5.10 Å². The number of nitrogens with zero attached hydrogens (tertiary/aromatic N) is 4. The minimum Gasteiger partial charge on any atom is -0.267 e. The number of hydrogen-bond donors (Lipinski definition) is 1. The summed E-state index contributed by atoms with van der Waals surface area (Å²) in [6.07, 6.45) is 0. The van der Waals surface area contributed by atoms with Crippen LogP contribution in [0.1, 0.15) is 22.8 Å². The van der Waals surface area contributed by atoms with Crippen molar-refractivity contribution in [3.63, 3.8) is 0 Å². The van der Waals surface area contributed by atoms with E-state index in [9.17, 15) is 35.1 Å². The maximum atomic E-state index is 12.1. The van der Waals surface area contributed by atoms with Crippen LogP contribution < -0.4 is 5.43 Å². The molecule has 27 heavy (non-hydrogen) atoms. The molecule has 0 bridgehead atoms. The summed E-state index contributed by atoms with van der Waals surface area (Å²) in [5.41, 5.74) is 1.30. The van der Waals surface area contributed by atoms with Crippen LogP contribution >= 0.6 is 0 Å². The highest BCUT2D eigenvalue weighted by Crippen LogP contribution is 2.22. The molecule has 0 aliphatic carbocycles. The Morgan fingerprint density at radius 3 is 1.74 bits per heavy atom. The fraction of sp³-hybridized carbons (Fsp3) is 0.0667. The molecular formula is C15H11N5O7. The zero-order valence-corrected chi connectivity index (χ0v) is 13.7. The van der Waals surface area contributed by atoms with E-state index >= 15 is 0 Å². The Bertz CT molecular complexity index is 937. The van der Waals surface area contributed by atoms with Crippen LogP contribution in [0.3, 0.4) is 0 Å². The van der Waals surface area contributed by atoms with Gasteiger partial charge in [0.05, 0.1) is 32.1 Å². The van der Waals surface area contributed by atoms with Crippen LogP contribution in [0.15, 0.2) is 47.6 Å². The van der Waals surface area contributed by atoms with Gasteiger partial charge < -0.3 is 0 Å². The normalized spacial score (nSPS) is 10.9. The molecule has 0 atom stereocenters. The number of nitrogens with one attached hydrogen (secondary N) is 1. The molecule has 0 aliphatic heterocycles. The van der Waals surface area contributed by atoms with E-state index < -0.39 is 32.1 Å². The van der Waals surface area contributed by atoms with Gasteiger partial charge in [-0.25, -0.2) is 5.43 Å². The topological polar surface area (TPSA) is 171 Å². The molecule has 0 saturated carbocycles. The fourth-order valence-electron chi connectivity index (χ4n) is 2.03. The van der Waals surface area contributed by atoms with Gasteiger partial charge >= 0.3 is 0 Å². The van der Waals surface area contributed by atoms with Gasteiger partial charge in [-0.15, -0.1) is 0 Å². The largest absolute Gasteiger partial charge is 0.277 e. The van der Waals surface area contributed by atoms with E-state index in [-0.39, 0.29) is 11.3 Å². The third-order valence-corrected chi connectivity index (χ3v) is 3.41. The summed E-state index contributed by atoms with van der Waals surface area (Å²) >= 11 is 0. The number of nitro groups is 3. The van der Waals surface area contributed by atoms with Crippen LogP contribution in [-0.2, 0) is 0 Å². The minimum absolute atomic E-state index is 0.112. The van der Waals surface area contributed by atoms with Crippen molar-refractivity contribution in [1.29, 1.82) is 0 Å². The Morgan fingerprint density at radius 1 is 0.815 bits per heavy atom. The molecule has 1 amide bonds. The monoisotopic (exact) mass is 373 g/mol. The van der Waals surface area contributed by atoms with E-state index in [1.807, 2.05) is 0 Å². The Labute approximate surface area is 150 Å². The number of non-ortho nitro benzene ring substituents is 3. The molecule has 12 nitrogen and oxygen atoms in total. The van der Waals surface area contributed by atoms with Gasteiger partial charge in [0.25, 0.3) is 23.0 Å². The first-order valence-corrected chi connectivity index (χ1v) is 7.22. The van der Waals surface area contributed by atoms with Crippen molar-refractivity contribution in [2.45, 2.75) is 6.92 Å². The molecule has 0 heterocycles. The molecule has 0 aliphatic rings. The second-order valence-electron chi connectivity index (χ2n) is 5.19. The molecule has 2 aromatic carbocycles. The lowest BCUT2D eigenvalue weighted by atomic mass is 10.1. The lowest BCUT2D eigenvalue weighted by Crippen LogP contribution is -2.19. The second-order valence-corrected chi connectivity index (χ2v) is 5.19. The number of hydrazone groups is 1. The summed E-state index contributed by atoms with van der Waals surface area (Å²) in [7, 11) is 0. The second kappa shape index (κ2) is 7.77. The van der Waals surface area contributed by atoms with Crippen LogP contribution in [0, 0.1) is 30.3 Å². The van der Waals surface area contributed by atoms with Crippen molar-refractivity contribution in [3.8, 4) is 0 Å². The van der Waals surface area contributed by atoms with Gasteiger partial charge in [0.15, 0.2) is 0 Å². The molecule has 0 radical (unpaired) electrons. The molecule has 138 valence electrons. The first kappa shape index (κ1) is 19.1. The predicted octanol–water partition coefficient (Wildman–Crippen LogP) is 2.57. The number of nitro benzene ring substituents is 3. The molecule has 2 aromatic rings. The average Bonchev–Trinajstić information content (AvgIpc) is 2.65. The number of rotatable bonds is 6. The van der Waals surface area contributed by atoms with Gasteiger partial charge in [0.1, 0.15) is 0 Å². The van der Waals surface area contributed by atoms with Crippen LogP contribution in [0.2, 0.25) is 0 Å². The SMILES string of the molecule is C/C(=N\NC(=O)c1cc([N+](=O)[O-])cc([N+](=O)[O-])c1)c1ccc([N+](=O)[O-])cc1. The van der Waals surface area contributed by atoms with Crippen molar-refractivity contribution in [1.82, 2.24) is 5.43 Å². The zero-order valence-electron chi connectivity index (χ0n) is 13.7. The van der Waals surface area contributed by atoms with Crippen molar-refractivity contribution in [2.24, 2.45) is 5.10 Å². The highest BCUT2D eigenvalue weighted by Gasteiger charge is 2.19. The number of benzene rings is 2. The Morgan fingerprint density at radius 2 is 1.30 bits per heavy atom. The Kier molecular flexibility index (Phi) is 5.50. The molecular weight excluding hydrogens is 362 g/mol. The van der Waals surface area contributed by atoms with E-state index in [4.69, 9.17) is 0 Å². The Balaban J connectivity index is 2.23. The molecule has 1 N–H and O–H groups in total. The summed E-state index contributed by atoms with van der Waals surface area (Å²) in [5.74, 6) is -0.886. The molecule has 12 heteroatoms. The fourth-order valence-corrected chi connectivity index (χ4v) is 2.03. The third-order valence-electron chi connectivity index (χ3n) is 3.41. The predicted molar refractivity (Wildman–Crippen MR) is 92.5 cm³/mol. The third kappa shape index (κ3) is 4.66. The summed E-state index contributed by atoms with van der Waals surface area (Å²) in [5, 5.41) is 36.1. The van der Waals surface area contributed by atoms with Crippen LogP contribution in [0.25, 0.3) is 0 Å². The summed E-state index contributed by atoms with van der Waals surface area (Å²) in [4.78, 5) is 42.2. The van der Waals surface area contributed by atoms with Crippen LogP contribution in [0.4, 0.5) is 17.1 Å². The number of hydrogen-bond acceptors (Lipinski definition) is 8. The van der Waals surface area contributed by atoms with Crippen LogP contribution in [0.5, 0.6) is 0 Å². The number of amides is 1. The van der Waals surface area contributed by atoms with Gasteiger partial charge in [-0.3, -0.25) is 35.1 Å². The van der Waals surface area contributed by atoms with E-state index in [1.165, 1.54) is 31.2 Å². The summed E-state index contributed by atoms with van der Waals surface area (Å²) < 4.78 is 0. The van der Waals surface area contributed by atoms with Gasteiger partial charge in [-0.1, -0.05) is 0 Å². The maximum absolute atomic E-state index is 12.1. The van der Waals surface area contributed by atoms with E-state index in [1.54, 1.807) is 0 Å². The molecule has 0 aromatic heterocycles. The maximum Gasteiger partial charge on any atom is 0.277 e. The number of carbonyl (C=O) groups is 1. The van der Waals surface area contributed by atoms with Crippen molar-refractivity contribution < 1.29 is 19.6 Å². The van der Waals surface area contributed by atoms with Crippen molar-refractivity contribution in [2.75, 3.05) is 0 Å². The molecule has 0 saturated heterocycles. The van der Waals surface area contributed by atoms with E-state index in [2.05, 4.69) is 10.5 Å². The van der Waals surface area contributed by atoms with Crippen molar-refractivity contribution >= 4 is 28.7 Å². The van der Waals surface area contributed by atoms with E-state index in [0.29, 0.717) is 11.3 Å². The first-order chi connectivity index (χ1) is 12.7. The lowest BCUT2D eigenvalue weighted by Gasteiger charge is -2.03. The summed E-state index contributed by atoms with van der Waals surface area (Å²) in [6, 6.07) is 7.91. The van der Waals surface area contributed by atoms with Gasteiger partial charge in [-0.05, 0) is 24.6 Å². The molecule has 2 rings (SSSR count). The average molecular weight is 373 g/mol. The molecule has 0 spiro atoms. The Hall–Kier alpha value is -4.22. The lowest BCUT2D eigenvalue weighted by molar-refractivity contribution is -0.394. The molecule has 0 fully saturated rings. The van der Waals surface area contributed by atoms with Gasteiger partial charge in [0, 0.05) is 24.3 Å². The zero-order chi connectivity index (χ0) is 20.1. The summed E-state index contributed by atoms with van der Waals surface area (Å²) in [6.45, 7) is 1.53. The first-order valence-electron chi connectivity index (χ1n) is 7.22. The number of carbonyl (C=O) groups excluding carboxylic acids is 1. The van der Waals surface area contributed by atoms with Crippen molar-refractivity contribution in [3.05, 3.63) is 83.9 Å². The van der Waals surface area contributed by atoms with Crippen LogP contribution in [-0.4, -0.2) is 26.4 Å². The smallest absolute Gasteiger partial charge is 0.267 e. The highest BCUT2D eigenvalue weighted by atomic mass is 16.6. The molecule has 0 unspecified atom stereocenters. The minimum atomic E-state index is -0.886. The van der Waals surface area contributed by atoms with E-state index in [0.717, 1.165) is 18.2 Å². The van der Waals surface area contributed by atoms with Gasteiger partial charge in [0.2, 0.25) is 0 Å².